The van der Waals surface area contributed by atoms with Gasteiger partial charge in [0, 0.05) is 17.8 Å². The van der Waals surface area contributed by atoms with Crippen LogP contribution < -0.4 is 20.7 Å². The number of nitrogens with one attached hydrogen (secondary N) is 4. The second kappa shape index (κ2) is 9.69. The van der Waals surface area contributed by atoms with Gasteiger partial charge < -0.3 is 25.1 Å². The molecule has 0 aliphatic carbocycles. The van der Waals surface area contributed by atoms with Crippen LogP contribution in [0.1, 0.15) is 12.5 Å². The summed E-state index contributed by atoms with van der Waals surface area (Å²) in [4.78, 5) is 35.0. The Labute approximate surface area is 189 Å². The summed E-state index contributed by atoms with van der Waals surface area (Å²) >= 11 is 0. The number of imidazole rings is 1. The van der Waals surface area contributed by atoms with Crippen LogP contribution in [0, 0.1) is 0 Å². The fraction of sp³-hybridized carbons (Fsp3) is 0.130. The van der Waals surface area contributed by atoms with Gasteiger partial charge in [-0.2, -0.15) is 0 Å². The topological polar surface area (TPSA) is 130 Å². The van der Waals surface area contributed by atoms with E-state index < -0.39 is 6.09 Å². The fourth-order valence-corrected chi connectivity index (χ4v) is 3.06. The quantitative estimate of drug-likeness (QED) is 0.325. The first-order valence-corrected chi connectivity index (χ1v) is 10.2. The standard InChI is InChI=1S/C23H22N6O4/c1-3-14-5-4-6-15(11-14)25-22(30)26-16-7-10-20(24-13-16)33-17-8-9-18-19(12-17)28-21(27-18)29-23(31)32-2/h4-13H,3H2,1-2H3,(H2,25,26,30)(H2,27,28,29,31). The Bertz CT molecular complexity index is 1290. The third-order valence-electron chi connectivity index (χ3n) is 4.67. The van der Waals surface area contributed by atoms with Crippen molar-refractivity contribution in [3.8, 4) is 11.6 Å². The summed E-state index contributed by atoms with van der Waals surface area (Å²) in [6, 6.07) is 15.9. The molecule has 3 amide bonds. The van der Waals surface area contributed by atoms with Crippen LogP contribution in [0.3, 0.4) is 0 Å². The Balaban J connectivity index is 1.37. The van der Waals surface area contributed by atoms with E-state index in [1.165, 1.54) is 13.3 Å². The zero-order chi connectivity index (χ0) is 23.2. The van der Waals surface area contributed by atoms with Crippen LogP contribution >= 0.6 is 0 Å². The summed E-state index contributed by atoms with van der Waals surface area (Å²) in [6.07, 6.45) is 1.78. The number of ether oxygens (including phenoxy) is 2. The molecule has 0 bridgehead atoms. The molecule has 10 nitrogen and oxygen atoms in total. The maximum atomic E-state index is 12.2. The van der Waals surface area contributed by atoms with E-state index in [4.69, 9.17) is 4.74 Å². The van der Waals surface area contributed by atoms with Gasteiger partial charge in [-0.15, -0.1) is 0 Å². The van der Waals surface area contributed by atoms with E-state index in [0.717, 1.165) is 17.7 Å². The number of benzene rings is 2. The normalized spacial score (nSPS) is 10.5. The van der Waals surface area contributed by atoms with Crippen molar-refractivity contribution in [1.82, 2.24) is 15.0 Å². The van der Waals surface area contributed by atoms with Gasteiger partial charge in [-0.3, -0.25) is 5.32 Å². The van der Waals surface area contributed by atoms with E-state index in [0.29, 0.717) is 28.4 Å². The van der Waals surface area contributed by atoms with Crippen molar-refractivity contribution in [3.63, 3.8) is 0 Å². The number of amides is 3. The van der Waals surface area contributed by atoms with Gasteiger partial charge in [0.15, 0.2) is 0 Å². The summed E-state index contributed by atoms with van der Waals surface area (Å²) in [5, 5.41) is 8.01. The summed E-state index contributed by atoms with van der Waals surface area (Å²) in [5.74, 6) is 1.14. The van der Waals surface area contributed by atoms with Gasteiger partial charge >= 0.3 is 12.1 Å². The van der Waals surface area contributed by atoms with Gasteiger partial charge in [-0.05, 0) is 42.3 Å². The van der Waals surface area contributed by atoms with E-state index in [-0.39, 0.29) is 12.0 Å². The number of aryl methyl sites for hydroxylation is 1. The molecule has 0 spiro atoms. The molecule has 0 saturated heterocycles. The molecule has 0 atom stereocenters. The maximum Gasteiger partial charge on any atom is 0.413 e. The largest absolute Gasteiger partial charge is 0.453 e. The van der Waals surface area contributed by atoms with Crippen molar-refractivity contribution in [3.05, 3.63) is 66.4 Å². The minimum Gasteiger partial charge on any atom is -0.453 e. The molecule has 0 saturated carbocycles. The van der Waals surface area contributed by atoms with Gasteiger partial charge in [0.2, 0.25) is 11.8 Å². The van der Waals surface area contributed by atoms with E-state index in [9.17, 15) is 9.59 Å². The van der Waals surface area contributed by atoms with Crippen LogP contribution in [0.5, 0.6) is 11.6 Å². The average Bonchev–Trinajstić information content (AvgIpc) is 3.21. The number of carbonyl (C=O) groups is 2. The number of anilines is 3. The number of hydrogen-bond acceptors (Lipinski definition) is 6. The highest BCUT2D eigenvalue weighted by Gasteiger charge is 2.09. The number of nitrogens with zero attached hydrogens (tertiary/aromatic N) is 2. The Kier molecular flexibility index (Phi) is 6.35. The number of pyridine rings is 1. The highest BCUT2D eigenvalue weighted by atomic mass is 16.5. The summed E-state index contributed by atoms with van der Waals surface area (Å²) in [6.45, 7) is 2.06. The van der Waals surface area contributed by atoms with E-state index in [1.807, 2.05) is 24.3 Å². The third kappa shape index (κ3) is 5.56. The number of rotatable bonds is 6. The molecular weight excluding hydrogens is 424 g/mol. The lowest BCUT2D eigenvalue weighted by Gasteiger charge is -2.09. The molecule has 33 heavy (non-hydrogen) atoms. The second-order valence-electron chi connectivity index (χ2n) is 7.00. The van der Waals surface area contributed by atoms with Crippen molar-refractivity contribution in [2.45, 2.75) is 13.3 Å². The van der Waals surface area contributed by atoms with E-state index in [2.05, 4.69) is 42.6 Å². The molecule has 4 N–H and O–H groups in total. The van der Waals surface area contributed by atoms with E-state index in [1.54, 1.807) is 30.3 Å². The van der Waals surface area contributed by atoms with Gasteiger partial charge in [0.1, 0.15) is 5.75 Å². The summed E-state index contributed by atoms with van der Waals surface area (Å²) in [7, 11) is 1.27. The van der Waals surface area contributed by atoms with Crippen LogP contribution in [0.4, 0.5) is 26.9 Å². The summed E-state index contributed by atoms with van der Waals surface area (Å²) < 4.78 is 10.3. The van der Waals surface area contributed by atoms with Crippen LogP contribution in [-0.4, -0.2) is 34.2 Å². The zero-order valence-electron chi connectivity index (χ0n) is 18.0. The SMILES string of the molecule is CCc1cccc(NC(=O)Nc2ccc(Oc3ccc4nc(NC(=O)OC)[nH]c4c3)nc2)c1. The Morgan fingerprint density at radius 2 is 1.85 bits per heavy atom. The number of carbonyl (C=O) groups excluding carboxylic acids is 2. The third-order valence-corrected chi connectivity index (χ3v) is 4.67. The molecule has 0 fully saturated rings. The lowest BCUT2D eigenvalue weighted by molar-refractivity contribution is 0.186. The zero-order valence-corrected chi connectivity index (χ0v) is 18.0. The smallest absolute Gasteiger partial charge is 0.413 e. The van der Waals surface area contributed by atoms with E-state index >= 15 is 0 Å². The van der Waals surface area contributed by atoms with Gasteiger partial charge in [-0.1, -0.05) is 19.1 Å². The Morgan fingerprint density at radius 1 is 1.00 bits per heavy atom. The first kappa shape index (κ1) is 21.6. The van der Waals surface area contributed by atoms with Crippen LogP contribution in [-0.2, 0) is 11.2 Å². The van der Waals surface area contributed by atoms with Crippen LogP contribution in [0.15, 0.2) is 60.8 Å². The Morgan fingerprint density at radius 3 is 2.61 bits per heavy atom. The lowest BCUT2D eigenvalue weighted by Crippen LogP contribution is -2.19. The monoisotopic (exact) mass is 446 g/mol. The van der Waals surface area contributed by atoms with Crippen molar-refractivity contribution < 1.29 is 19.1 Å². The summed E-state index contributed by atoms with van der Waals surface area (Å²) in [5.41, 5.74) is 3.70. The van der Waals surface area contributed by atoms with Crippen molar-refractivity contribution in [2.75, 3.05) is 23.1 Å². The fourth-order valence-electron chi connectivity index (χ4n) is 3.06. The predicted molar refractivity (Wildman–Crippen MR) is 125 cm³/mol. The highest BCUT2D eigenvalue weighted by molar-refractivity contribution is 5.99. The molecule has 2 aromatic carbocycles. The number of hydrogen-bond donors (Lipinski definition) is 4. The van der Waals surface area contributed by atoms with Crippen LogP contribution in [0.25, 0.3) is 11.0 Å². The van der Waals surface area contributed by atoms with Crippen LogP contribution in [0.2, 0.25) is 0 Å². The van der Waals surface area contributed by atoms with Crippen molar-refractivity contribution in [1.29, 1.82) is 0 Å². The molecule has 0 radical (unpaired) electrons. The molecule has 4 rings (SSSR count). The number of aromatic amines is 1. The van der Waals surface area contributed by atoms with Gasteiger partial charge in [-0.25, -0.2) is 19.6 Å². The first-order valence-electron chi connectivity index (χ1n) is 10.2. The van der Waals surface area contributed by atoms with Crippen molar-refractivity contribution in [2.24, 2.45) is 0 Å². The lowest BCUT2D eigenvalue weighted by atomic mass is 10.1. The molecule has 2 heterocycles. The van der Waals surface area contributed by atoms with Gasteiger partial charge in [0.25, 0.3) is 0 Å². The maximum absolute atomic E-state index is 12.2. The second-order valence-corrected chi connectivity index (χ2v) is 7.00. The van der Waals surface area contributed by atoms with Crippen molar-refractivity contribution >= 4 is 40.5 Å². The number of H-pyrrole nitrogens is 1. The number of fused-ring (bicyclic) bond motifs is 1. The predicted octanol–water partition coefficient (Wildman–Crippen LogP) is 5.13. The minimum atomic E-state index is -0.619. The molecule has 0 unspecified atom stereocenters. The molecule has 2 aromatic heterocycles. The molecule has 0 aliphatic rings. The molecule has 0 aliphatic heterocycles. The molecule has 168 valence electrons. The minimum absolute atomic E-state index is 0.266. The number of urea groups is 1. The molecule has 4 aromatic rings. The molecular formula is C23H22N6O4. The molecule has 10 heteroatoms. The number of aromatic nitrogens is 3. The Hall–Kier alpha value is -4.60. The number of methoxy groups -OCH3 is 1. The van der Waals surface area contributed by atoms with Gasteiger partial charge in [0.05, 0.1) is 30.0 Å². The first-order chi connectivity index (χ1) is 16.0. The average molecular weight is 446 g/mol. The highest BCUT2D eigenvalue weighted by Crippen LogP contribution is 2.25.